The first-order chi connectivity index (χ1) is 10.7. The van der Waals surface area contributed by atoms with Gasteiger partial charge < -0.3 is 0 Å². The lowest BCUT2D eigenvalue weighted by atomic mass is 10.3. The molecule has 0 amide bonds. The summed E-state index contributed by atoms with van der Waals surface area (Å²) in [6, 6.07) is 0. The van der Waals surface area contributed by atoms with E-state index >= 15 is 0 Å². The van der Waals surface area contributed by atoms with E-state index in [1.165, 1.54) is 64.2 Å². The van der Waals surface area contributed by atoms with Gasteiger partial charge in [0.1, 0.15) is 0 Å². The van der Waals surface area contributed by atoms with Crippen LogP contribution in [0.4, 0.5) is 0 Å². The van der Waals surface area contributed by atoms with Crippen molar-refractivity contribution in [3.63, 3.8) is 0 Å². The summed E-state index contributed by atoms with van der Waals surface area (Å²) in [5.41, 5.74) is 0. The molecule has 0 saturated heterocycles. The Hall–Kier alpha value is 0.860. The van der Waals surface area contributed by atoms with Gasteiger partial charge in [-0.15, -0.1) is 0 Å². The fourth-order valence-electron chi connectivity index (χ4n) is 3.46. The maximum Gasteiger partial charge on any atom is 0.0616 e. The zero-order valence-electron chi connectivity index (χ0n) is 16.5. The third-order valence-corrected chi connectivity index (χ3v) is 17.9. The summed E-state index contributed by atoms with van der Waals surface area (Å²) in [7, 11) is 0.356. The Morgan fingerprint density at radius 2 is 0.955 bits per heavy atom. The molecule has 0 saturated carbocycles. The fraction of sp³-hybridized carbons (Fsp3) is 1.00. The van der Waals surface area contributed by atoms with Crippen LogP contribution in [-0.4, -0.2) is 30.8 Å². The summed E-state index contributed by atoms with van der Waals surface area (Å²) in [4.78, 5) is 0. The standard InChI is InChI=1S/C20H45P2/c1-6-11-15-17-21(16-10-5)22(18-12-7-2,19-13-8-3)20-14-9-4/h6-20H2,1-5H3/q+1. The highest BCUT2D eigenvalue weighted by molar-refractivity contribution is 8.38. The molecule has 0 aromatic carbocycles. The molecule has 0 rings (SSSR count). The van der Waals surface area contributed by atoms with E-state index in [2.05, 4.69) is 34.6 Å². The minimum Gasteiger partial charge on any atom is -0.0654 e. The van der Waals surface area contributed by atoms with E-state index in [-0.39, 0.29) is 0 Å². The molecule has 1 atom stereocenters. The molecule has 1 unspecified atom stereocenters. The minimum absolute atomic E-state index is 0.356. The van der Waals surface area contributed by atoms with Gasteiger partial charge in [-0.25, -0.2) is 0 Å². The molecule has 0 radical (unpaired) electrons. The van der Waals surface area contributed by atoms with Crippen LogP contribution >= 0.6 is 14.6 Å². The Kier molecular flexibility index (Phi) is 16.0. The van der Waals surface area contributed by atoms with E-state index < -0.39 is 6.95 Å². The SMILES string of the molecule is CCCCCP(CCC)[P+](CCCC)(CCCC)CCCC. The zero-order valence-corrected chi connectivity index (χ0v) is 18.3. The van der Waals surface area contributed by atoms with E-state index in [0.29, 0.717) is 7.61 Å². The van der Waals surface area contributed by atoms with E-state index in [9.17, 15) is 0 Å². The van der Waals surface area contributed by atoms with Crippen molar-refractivity contribution in [2.45, 2.75) is 98.8 Å². The summed E-state index contributed by atoms with van der Waals surface area (Å²) in [5, 5.41) is 0. The van der Waals surface area contributed by atoms with Crippen LogP contribution in [0, 0.1) is 0 Å². The van der Waals surface area contributed by atoms with Gasteiger partial charge in [0.15, 0.2) is 0 Å². The maximum absolute atomic E-state index is 2.43. The summed E-state index contributed by atoms with van der Waals surface area (Å²) in [6.45, 7) is 11.3. The van der Waals surface area contributed by atoms with Gasteiger partial charge in [-0.3, -0.25) is 0 Å². The third-order valence-electron chi connectivity index (χ3n) is 4.89. The van der Waals surface area contributed by atoms with Crippen molar-refractivity contribution in [1.82, 2.24) is 0 Å². The van der Waals surface area contributed by atoms with Crippen molar-refractivity contribution in [3.8, 4) is 0 Å². The van der Waals surface area contributed by atoms with Crippen LogP contribution in [0.25, 0.3) is 0 Å². The van der Waals surface area contributed by atoms with Gasteiger partial charge in [-0.2, -0.15) is 0 Å². The number of hydrogen-bond donors (Lipinski definition) is 0. The van der Waals surface area contributed by atoms with E-state index in [1.807, 2.05) is 0 Å². The van der Waals surface area contributed by atoms with Gasteiger partial charge in [0.05, 0.1) is 26.1 Å². The first-order valence-electron chi connectivity index (χ1n) is 10.3. The molecular formula is C20H45P2+. The van der Waals surface area contributed by atoms with Crippen LogP contribution < -0.4 is 0 Å². The molecule has 0 fully saturated rings. The topological polar surface area (TPSA) is 0 Å². The molecule has 0 N–H and O–H groups in total. The second kappa shape index (κ2) is 15.4. The Balaban J connectivity index is 5.07. The summed E-state index contributed by atoms with van der Waals surface area (Å²) < 4.78 is 0. The average molecular weight is 348 g/mol. The molecule has 134 valence electrons. The van der Waals surface area contributed by atoms with Crippen molar-refractivity contribution >= 4 is 14.6 Å². The second-order valence-electron chi connectivity index (χ2n) is 6.99. The van der Waals surface area contributed by atoms with E-state index in [4.69, 9.17) is 0 Å². The molecule has 0 aliphatic heterocycles. The van der Waals surface area contributed by atoms with Crippen LogP contribution in [0.5, 0.6) is 0 Å². The lowest BCUT2D eigenvalue weighted by Gasteiger charge is -2.35. The predicted octanol–water partition coefficient (Wildman–Crippen LogP) is 8.40. The Morgan fingerprint density at radius 3 is 1.32 bits per heavy atom. The molecule has 0 spiro atoms. The first kappa shape index (κ1) is 22.9. The highest BCUT2D eigenvalue weighted by atomic mass is 32.1. The lowest BCUT2D eigenvalue weighted by Crippen LogP contribution is -2.11. The van der Waals surface area contributed by atoms with E-state index in [1.54, 1.807) is 30.8 Å². The second-order valence-corrected chi connectivity index (χ2v) is 16.7. The molecule has 22 heavy (non-hydrogen) atoms. The smallest absolute Gasteiger partial charge is 0.0616 e. The van der Waals surface area contributed by atoms with Gasteiger partial charge >= 0.3 is 0 Å². The Labute approximate surface area is 144 Å². The van der Waals surface area contributed by atoms with Crippen molar-refractivity contribution in [3.05, 3.63) is 0 Å². The number of rotatable bonds is 16. The van der Waals surface area contributed by atoms with Crippen molar-refractivity contribution in [2.24, 2.45) is 0 Å². The quantitative estimate of drug-likeness (QED) is 0.194. The van der Waals surface area contributed by atoms with Crippen LogP contribution in [0.15, 0.2) is 0 Å². The Morgan fingerprint density at radius 1 is 0.500 bits per heavy atom. The molecular weight excluding hydrogens is 302 g/mol. The number of unbranched alkanes of at least 4 members (excludes halogenated alkanes) is 5. The van der Waals surface area contributed by atoms with Crippen LogP contribution in [0.1, 0.15) is 98.8 Å². The van der Waals surface area contributed by atoms with Gasteiger partial charge in [0.25, 0.3) is 0 Å². The van der Waals surface area contributed by atoms with E-state index in [0.717, 1.165) is 0 Å². The van der Waals surface area contributed by atoms with Gasteiger partial charge in [-0.1, -0.05) is 66.7 Å². The molecule has 0 aliphatic carbocycles. The first-order valence-corrected chi connectivity index (χ1v) is 15.1. The molecule has 0 aromatic heterocycles. The minimum atomic E-state index is -0.648. The fourth-order valence-corrected chi connectivity index (χ4v) is 17.3. The number of hydrogen-bond acceptors (Lipinski definition) is 0. The average Bonchev–Trinajstić information content (AvgIpc) is 2.54. The van der Waals surface area contributed by atoms with Crippen molar-refractivity contribution < 1.29 is 0 Å². The highest BCUT2D eigenvalue weighted by Crippen LogP contribution is 2.85. The van der Waals surface area contributed by atoms with Gasteiger partial charge in [-0.05, 0) is 32.1 Å². The van der Waals surface area contributed by atoms with Crippen LogP contribution in [0.3, 0.4) is 0 Å². The van der Waals surface area contributed by atoms with Crippen molar-refractivity contribution in [1.29, 1.82) is 0 Å². The largest absolute Gasteiger partial charge is 0.0654 e. The predicted molar refractivity (Wildman–Crippen MR) is 113 cm³/mol. The maximum atomic E-state index is 2.43. The normalized spacial score (nSPS) is 13.5. The van der Waals surface area contributed by atoms with Crippen LogP contribution in [0.2, 0.25) is 0 Å². The van der Waals surface area contributed by atoms with Crippen LogP contribution in [-0.2, 0) is 0 Å². The molecule has 0 aromatic rings. The summed E-state index contributed by atoms with van der Waals surface area (Å²) >= 11 is 0. The molecule has 2 heteroatoms. The van der Waals surface area contributed by atoms with Crippen molar-refractivity contribution in [2.75, 3.05) is 30.8 Å². The highest BCUT2D eigenvalue weighted by Gasteiger charge is 2.43. The zero-order chi connectivity index (χ0) is 16.7. The molecule has 0 bridgehead atoms. The lowest BCUT2D eigenvalue weighted by molar-refractivity contribution is 0.775. The molecule has 0 heterocycles. The molecule has 0 aliphatic rings. The summed E-state index contributed by atoms with van der Waals surface area (Å²) in [5.74, 6) is 0. The third kappa shape index (κ3) is 9.23. The van der Waals surface area contributed by atoms with Gasteiger partial charge in [0.2, 0.25) is 0 Å². The molecule has 0 nitrogen and oxygen atoms in total. The summed E-state index contributed by atoms with van der Waals surface area (Å²) in [6.07, 6.45) is 22.7. The monoisotopic (exact) mass is 347 g/mol. The Bertz CT molecular complexity index is 206. The van der Waals surface area contributed by atoms with Gasteiger partial charge in [0, 0.05) is 19.3 Å².